The number of nitrogen functional groups attached to an aromatic ring is 1. The molecule has 71 heavy (non-hydrogen) atoms. The van der Waals surface area contributed by atoms with Gasteiger partial charge in [0.25, 0.3) is 0 Å². The number of anilines is 5. The van der Waals surface area contributed by atoms with Gasteiger partial charge in [-0.1, -0.05) is 39.9 Å². The van der Waals surface area contributed by atoms with Gasteiger partial charge >= 0.3 is 0 Å². The van der Waals surface area contributed by atoms with Crippen LogP contribution < -0.4 is 43.1 Å². The highest BCUT2D eigenvalue weighted by molar-refractivity contribution is 6.05. The normalized spacial score (nSPS) is 9.96. The van der Waals surface area contributed by atoms with Crippen LogP contribution in [0.5, 0.6) is 28.7 Å². The van der Waals surface area contributed by atoms with Gasteiger partial charge in [-0.3, -0.25) is 9.79 Å². The molecule has 5 aromatic carbocycles. The number of aromatic hydroxyl groups is 4. The summed E-state index contributed by atoms with van der Waals surface area (Å²) in [5.74, 6) is 6.83. The van der Waals surface area contributed by atoms with E-state index in [1.165, 1.54) is 13.7 Å². The summed E-state index contributed by atoms with van der Waals surface area (Å²) in [4.78, 5) is 24.4. The highest BCUT2D eigenvalue weighted by Gasteiger charge is 2.15. The zero-order chi connectivity index (χ0) is 51.8. The van der Waals surface area contributed by atoms with E-state index in [-0.39, 0.29) is 38.0 Å². The van der Waals surface area contributed by atoms with Crippen molar-refractivity contribution in [3.63, 3.8) is 0 Å². The Hall–Kier alpha value is -7.59. The number of carbonyl (C=O) groups is 1. The van der Waals surface area contributed by atoms with Crippen LogP contribution in [0, 0.1) is 41.5 Å². The number of phenols is 4. The Bertz CT molecular complexity index is 2740. The van der Waals surface area contributed by atoms with Crippen molar-refractivity contribution in [3.8, 4) is 40.2 Å². The molecule has 2 radical (unpaired) electrons. The molecule has 0 saturated carbocycles. The van der Waals surface area contributed by atoms with Crippen LogP contribution in [0.2, 0.25) is 6.82 Å². The molecular weight excluding hydrogens is 895 g/mol. The molecule has 1 heterocycles. The molecule has 0 unspecified atom stereocenters. The van der Waals surface area contributed by atoms with Crippen LogP contribution in [0.1, 0.15) is 82.9 Å². The standard InChI is InChI=1S/C18H21N3O.C9H14N2O2.C9H11NO2.C9H13NO.C7H9NO.CH3B.2CH4/c1-5-19-13-7-9-15-17(11(13)3)22-18-12(4)14(20-6-2)8-10-16(18)21-15;1-3-11-7-4-5-8(13-10)9(12)6(7)2;1-6-8(10-7(2)11)4-3-5-9(6)12;1-3-10-8-5-4-6-9(11)7(8)2;1-5-6(8)3-2-4-7(5)9;1-2;;/h7-10,19H,5-6H2,1-4H3;4-5,11-12H,3,10H2,1-2H3;3-5,12H,1-2H3,(H,10,11);4-6,10-11H,3H2,1-2H3;2-4,9H,8H2,1H3;1H3;2*1H4. The van der Waals surface area contributed by atoms with Crippen molar-refractivity contribution in [3.05, 3.63) is 130 Å². The Labute approximate surface area is 423 Å². The van der Waals surface area contributed by atoms with Crippen molar-refractivity contribution in [2.75, 3.05) is 53.2 Å². The van der Waals surface area contributed by atoms with E-state index in [0.29, 0.717) is 28.4 Å². The number of nitrogens with two attached hydrogens (primary N) is 2. The lowest BCUT2D eigenvalue weighted by Crippen LogP contribution is -2.10. The number of rotatable bonds is 9. The summed E-state index contributed by atoms with van der Waals surface area (Å²) in [6, 6.07) is 27.1. The molecule has 1 aliphatic carbocycles. The van der Waals surface area contributed by atoms with Gasteiger partial charge in [-0.15, -0.1) is 0 Å². The van der Waals surface area contributed by atoms with E-state index >= 15 is 0 Å². The van der Waals surface area contributed by atoms with Crippen LogP contribution in [0.4, 0.5) is 28.4 Å². The summed E-state index contributed by atoms with van der Waals surface area (Å²) < 4.78 is 6.22. The first kappa shape index (κ1) is 63.4. The molecule has 0 spiro atoms. The minimum atomic E-state index is -0.135. The molecule has 5 aromatic rings. The monoisotopic (exact) mass is 975 g/mol. The predicted molar refractivity (Wildman–Crippen MR) is 299 cm³/mol. The summed E-state index contributed by atoms with van der Waals surface area (Å²) in [5.41, 5.74) is 17.5. The third-order valence-electron chi connectivity index (χ3n) is 10.4. The van der Waals surface area contributed by atoms with E-state index in [9.17, 15) is 20.1 Å². The van der Waals surface area contributed by atoms with E-state index in [1.54, 1.807) is 69.3 Å². The van der Waals surface area contributed by atoms with E-state index in [4.69, 9.17) is 26.1 Å². The van der Waals surface area contributed by atoms with Gasteiger partial charge in [-0.25, -0.2) is 4.98 Å². The molecule has 15 nitrogen and oxygen atoms in total. The number of aromatic nitrogens is 1. The van der Waals surface area contributed by atoms with Gasteiger partial charge in [0.15, 0.2) is 22.8 Å². The third kappa shape index (κ3) is 18.4. The van der Waals surface area contributed by atoms with E-state index in [1.807, 2.05) is 71.0 Å². The first-order valence-corrected chi connectivity index (χ1v) is 22.7. The van der Waals surface area contributed by atoms with E-state index < -0.39 is 0 Å². The van der Waals surface area contributed by atoms with Gasteiger partial charge in [0, 0.05) is 94.9 Å². The number of nitrogens with zero attached hydrogens (tertiary/aromatic N) is 2. The number of fused-ring (bicyclic) bond motifs is 2. The lowest BCUT2D eigenvalue weighted by molar-refractivity contribution is -0.114. The van der Waals surface area contributed by atoms with Gasteiger partial charge in [-0.05, 0) is 142 Å². The maximum atomic E-state index is 10.7. The summed E-state index contributed by atoms with van der Waals surface area (Å²) in [5, 5.41) is 50.3. The Morgan fingerprint density at radius 3 is 1.61 bits per heavy atom. The molecule has 2 aliphatic rings. The summed E-state index contributed by atoms with van der Waals surface area (Å²) in [6.07, 6.45) is 0. The van der Waals surface area contributed by atoms with E-state index in [2.05, 4.69) is 58.9 Å². The molecule has 384 valence electrons. The molecular formula is C55H79BN8O7. The van der Waals surface area contributed by atoms with Crippen LogP contribution in [0.3, 0.4) is 0 Å². The number of amides is 1. The fraction of sp³-hybridized carbons (Fsp3) is 0.327. The highest BCUT2D eigenvalue weighted by atomic mass is 16.6. The number of hydrogen-bond acceptors (Lipinski definition) is 14. The smallest absolute Gasteiger partial charge is 0.221 e. The molecule has 7 rings (SSSR count). The Balaban J connectivity index is 0.000000882. The molecule has 1 aliphatic heterocycles. The number of hydrogen-bond donors (Lipinski definition) is 10. The van der Waals surface area contributed by atoms with Crippen molar-refractivity contribution in [1.82, 2.24) is 4.98 Å². The summed E-state index contributed by atoms with van der Waals surface area (Å²) in [6.45, 7) is 25.7. The SMILES string of the molecule is C.C.CC(=O)Nc1cccc(O)c1C.CCN=c1ccc2nc3ccc(NCC)c(C)c3oc-2c1C.CCNc1ccc(ON)c(O)c1C.CCNc1cccc(O)c1C.Cc1c(N)cccc1O.[B]C. The maximum Gasteiger partial charge on any atom is 0.221 e. The highest BCUT2D eigenvalue weighted by Crippen LogP contribution is 2.34. The van der Waals surface area contributed by atoms with Crippen molar-refractivity contribution in [2.45, 2.75) is 97.8 Å². The second-order valence-electron chi connectivity index (χ2n) is 15.2. The van der Waals surface area contributed by atoms with Crippen LogP contribution in [0.15, 0.2) is 100 Å². The van der Waals surface area contributed by atoms with Crippen LogP contribution in [-0.2, 0) is 4.79 Å². The number of carbonyl (C=O) groups excluding carboxylic acids is 1. The van der Waals surface area contributed by atoms with Gasteiger partial charge in [-0.2, -0.15) is 5.90 Å². The molecule has 16 heteroatoms. The van der Waals surface area contributed by atoms with Crippen LogP contribution in [0.25, 0.3) is 22.6 Å². The second-order valence-corrected chi connectivity index (χ2v) is 15.2. The lowest BCUT2D eigenvalue weighted by Gasteiger charge is -2.13. The van der Waals surface area contributed by atoms with Crippen molar-refractivity contribution >= 4 is 53.3 Å². The van der Waals surface area contributed by atoms with Crippen LogP contribution in [-0.4, -0.2) is 65.3 Å². The molecule has 12 N–H and O–H groups in total. The molecule has 0 bridgehead atoms. The number of benzene rings is 6. The number of aryl methyl sites for hydroxylation is 1. The minimum absolute atomic E-state index is 0. The molecule has 0 fully saturated rings. The van der Waals surface area contributed by atoms with Crippen molar-refractivity contribution in [1.29, 1.82) is 0 Å². The molecule has 0 aromatic heterocycles. The summed E-state index contributed by atoms with van der Waals surface area (Å²) >= 11 is 0. The Morgan fingerprint density at radius 2 is 1.11 bits per heavy atom. The fourth-order valence-electron chi connectivity index (χ4n) is 6.48. The number of nitrogens with one attached hydrogen (secondary N) is 4. The van der Waals surface area contributed by atoms with Crippen LogP contribution >= 0.6 is 0 Å². The predicted octanol–water partition coefficient (Wildman–Crippen LogP) is 11.8. The van der Waals surface area contributed by atoms with Gasteiger partial charge < -0.3 is 56.7 Å². The topological polar surface area (TPSA) is 246 Å². The molecule has 0 atom stereocenters. The van der Waals surface area contributed by atoms with Crippen molar-refractivity contribution < 1.29 is 34.5 Å². The lowest BCUT2D eigenvalue weighted by atomic mass is 10.1. The maximum absolute atomic E-state index is 10.7. The number of phenolic OH excluding ortho intramolecular Hbond substituents is 4. The zero-order valence-electron chi connectivity index (χ0n) is 42.1. The fourth-order valence-corrected chi connectivity index (χ4v) is 6.48. The quantitative estimate of drug-likeness (QED) is 0.0280. The third-order valence-corrected chi connectivity index (χ3v) is 10.4. The Kier molecular flexibility index (Phi) is 28.8. The first-order valence-electron chi connectivity index (χ1n) is 22.7. The van der Waals surface area contributed by atoms with Gasteiger partial charge in [0.2, 0.25) is 5.91 Å². The molecule has 1 amide bonds. The largest absolute Gasteiger partial charge is 0.508 e. The second kappa shape index (κ2) is 32.3. The van der Waals surface area contributed by atoms with E-state index in [0.717, 1.165) is 99.0 Å². The summed E-state index contributed by atoms with van der Waals surface area (Å²) in [7, 11) is 4.50. The average molecular weight is 975 g/mol. The molecule has 0 saturated heterocycles. The average Bonchev–Trinajstić information content (AvgIpc) is 3.33. The van der Waals surface area contributed by atoms with Gasteiger partial charge in [0.1, 0.15) is 28.5 Å². The van der Waals surface area contributed by atoms with Gasteiger partial charge in [0.05, 0.1) is 13.2 Å². The van der Waals surface area contributed by atoms with Crippen molar-refractivity contribution in [2.24, 2.45) is 10.9 Å². The zero-order valence-corrected chi connectivity index (χ0v) is 42.1. The minimum Gasteiger partial charge on any atom is -0.508 e. The first-order chi connectivity index (χ1) is 32.9. The Morgan fingerprint density at radius 1 is 0.634 bits per heavy atom.